The molecular weight excluding hydrogens is 881 g/mol. The molecule has 0 aliphatic rings. The lowest BCUT2D eigenvalue weighted by Gasteiger charge is -2.06. The van der Waals surface area contributed by atoms with E-state index in [9.17, 15) is 0 Å². The summed E-state index contributed by atoms with van der Waals surface area (Å²) in [4.78, 5) is 0. The van der Waals surface area contributed by atoms with Crippen molar-refractivity contribution in [1.82, 2.24) is 0 Å². The molecule has 0 unspecified atom stereocenters. The maximum atomic E-state index is 2.42. The van der Waals surface area contributed by atoms with Gasteiger partial charge in [-0.25, -0.2) is 0 Å². The van der Waals surface area contributed by atoms with Crippen LogP contribution in [0, 0.1) is 0 Å². The molecule has 15 rings (SSSR count). The van der Waals surface area contributed by atoms with E-state index in [1.165, 1.54) is 145 Å². The van der Waals surface area contributed by atoms with Crippen LogP contribution in [-0.4, -0.2) is 0 Å². The highest BCUT2D eigenvalue weighted by molar-refractivity contribution is 7.27. The van der Waals surface area contributed by atoms with E-state index in [0.29, 0.717) is 0 Å². The Morgan fingerprint density at radius 1 is 0.154 bits per heavy atom. The first-order valence-corrected chi connectivity index (χ1v) is 25.9. The Morgan fingerprint density at radius 2 is 0.323 bits per heavy atom. The Bertz CT molecular complexity index is 4200. The van der Waals surface area contributed by atoms with Crippen molar-refractivity contribution in [3.05, 3.63) is 194 Å². The molecule has 5 heteroatoms. The molecule has 0 bridgehead atoms. The lowest BCUT2D eigenvalue weighted by Crippen LogP contribution is -1.80. The molecule has 0 saturated heterocycles. The highest BCUT2D eigenvalue weighted by Crippen LogP contribution is 2.45. The Kier molecular flexibility index (Phi) is 7.83. The summed E-state index contributed by atoms with van der Waals surface area (Å²) in [6.45, 7) is 0. The van der Waals surface area contributed by atoms with Gasteiger partial charge in [0.05, 0.1) is 0 Å². The van der Waals surface area contributed by atoms with Crippen LogP contribution in [0.1, 0.15) is 0 Å². The summed E-state index contributed by atoms with van der Waals surface area (Å²) >= 11 is 9.41. The van der Waals surface area contributed by atoms with Crippen LogP contribution in [0.2, 0.25) is 0 Å². The van der Waals surface area contributed by atoms with Crippen LogP contribution < -0.4 is 0 Å². The highest BCUT2D eigenvalue weighted by atomic mass is 32.1. The minimum absolute atomic E-state index is 1.25. The Hall–Kier alpha value is -6.70. The Labute approximate surface area is 393 Å². The van der Waals surface area contributed by atoms with Gasteiger partial charge in [0.25, 0.3) is 0 Å². The number of thiophene rings is 5. The molecule has 0 fully saturated rings. The van der Waals surface area contributed by atoms with Crippen LogP contribution in [0.4, 0.5) is 0 Å². The van der Waals surface area contributed by atoms with E-state index < -0.39 is 0 Å². The molecule has 0 N–H and O–H groups in total. The number of rotatable bonds is 4. The summed E-state index contributed by atoms with van der Waals surface area (Å²) in [5, 5.41) is 13.3. The van der Waals surface area contributed by atoms with E-state index in [4.69, 9.17) is 0 Å². The van der Waals surface area contributed by atoms with Gasteiger partial charge in [0.1, 0.15) is 0 Å². The fraction of sp³-hybridized carbons (Fsp3) is 0. The third-order valence-corrected chi connectivity index (χ3v) is 19.3. The number of hydrogen-bond donors (Lipinski definition) is 0. The SMILES string of the molecule is c1ccc2c(c1)sc1ccc(-c3ccc4sc5ccc(-c6ccc7sc8ccc(-c9ccc%10sc%11ccc(-c%12ccc%13sc%14ccccc%14c%13c%12)cc%11c%10c9)cc8c7c6)cc5c4c3)cc12. The van der Waals surface area contributed by atoms with Crippen LogP contribution in [0.3, 0.4) is 0 Å². The van der Waals surface area contributed by atoms with Crippen LogP contribution in [0.15, 0.2) is 194 Å². The molecule has 0 spiro atoms. The summed E-state index contributed by atoms with van der Waals surface area (Å²) in [5.74, 6) is 0. The zero-order valence-corrected chi connectivity index (χ0v) is 38.6. The molecule has 0 aliphatic heterocycles. The molecule has 0 nitrogen and oxygen atoms in total. The summed E-state index contributed by atoms with van der Waals surface area (Å²) in [6.07, 6.45) is 0. The molecule has 5 aromatic heterocycles. The lowest BCUT2D eigenvalue weighted by atomic mass is 9.97. The molecular formula is C60H32S5. The predicted molar refractivity (Wildman–Crippen MR) is 293 cm³/mol. The fourth-order valence-corrected chi connectivity index (χ4v) is 15.6. The third-order valence-electron chi connectivity index (χ3n) is 13.5. The van der Waals surface area contributed by atoms with Gasteiger partial charge in [0, 0.05) is 101 Å². The third kappa shape index (κ3) is 5.70. The van der Waals surface area contributed by atoms with Gasteiger partial charge in [-0.05, 0) is 154 Å². The quantitative estimate of drug-likeness (QED) is 0.165. The Balaban J connectivity index is 0.796. The fourth-order valence-electron chi connectivity index (χ4n) is 10.2. The van der Waals surface area contributed by atoms with Gasteiger partial charge in [-0.3, -0.25) is 0 Å². The minimum atomic E-state index is 1.25. The van der Waals surface area contributed by atoms with Crippen molar-refractivity contribution in [1.29, 1.82) is 0 Å². The van der Waals surface area contributed by atoms with Crippen LogP contribution >= 0.6 is 56.7 Å². The zero-order chi connectivity index (χ0) is 42.3. The Morgan fingerprint density at radius 3 is 0.538 bits per heavy atom. The molecule has 15 aromatic rings. The summed E-state index contributed by atoms with van der Waals surface area (Å²) in [5.41, 5.74) is 10.1. The first kappa shape index (κ1) is 36.6. The average Bonchev–Trinajstić information content (AvgIpc) is 4.18. The van der Waals surface area contributed by atoms with Gasteiger partial charge in [-0.1, -0.05) is 84.9 Å². The maximum Gasteiger partial charge on any atom is 0.0355 e. The summed E-state index contributed by atoms with van der Waals surface area (Å²) < 4.78 is 13.3. The molecule has 5 heterocycles. The second kappa shape index (κ2) is 13.9. The van der Waals surface area contributed by atoms with Crippen LogP contribution in [0.25, 0.3) is 145 Å². The normalized spacial score (nSPS) is 12.3. The largest absolute Gasteiger partial charge is 0.135 e. The van der Waals surface area contributed by atoms with Gasteiger partial charge in [0.2, 0.25) is 0 Å². The molecule has 0 atom stereocenters. The predicted octanol–water partition coefficient (Wildman–Crippen LogP) is 20.2. The van der Waals surface area contributed by atoms with Gasteiger partial charge in [-0.2, -0.15) is 0 Å². The van der Waals surface area contributed by atoms with Gasteiger partial charge >= 0.3 is 0 Å². The van der Waals surface area contributed by atoms with Crippen molar-refractivity contribution in [3.8, 4) is 44.5 Å². The standard InChI is InChI=1S/C60H32S5/c1-3-7-51-41(5-1)43-25-33(9-17-53(43)61-51)35-11-19-55-45(27-35)47-29-37(13-21-57(47)63-55)39-15-23-59-49(31-39)50-32-40(16-24-60(50)65-59)38-14-22-58-48(30-38)46-28-36(12-20-56(46)64-58)34-10-18-54-44(26-34)42-6-2-4-8-52(42)62-54/h1-32H. The van der Waals surface area contributed by atoms with Crippen molar-refractivity contribution >= 4 is 158 Å². The summed E-state index contributed by atoms with van der Waals surface area (Å²) in [6, 6.07) is 73.7. The van der Waals surface area contributed by atoms with Crippen molar-refractivity contribution in [2.45, 2.75) is 0 Å². The average molecular weight is 913 g/mol. The maximum absolute atomic E-state index is 2.42. The molecule has 302 valence electrons. The molecule has 0 aliphatic carbocycles. The van der Waals surface area contributed by atoms with E-state index in [0.717, 1.165) is 0 Å². The van der Waals surface area contributed by atoms with Crippen molar-refractivity contribution in [3.63, 3.8) is 0 Å². The summed E-state index contributed by atoms with van der Waals surface area (Å²) in [7, 11) is 0. The highest BCUT2D eigenvalue weighted by Gasteiger charge is 2.15. The lowest BCUT2D eigenvalue weighted by molar-refractivity contribution is 1.71. The molecule has 0 radical (unpaired) electrons. The van der Waals surface area contributed by atoms with Crippen LogP contribution in [-0.2, 0) is 0 Å². The number of benzene rings is 10. The molecule has 0 amide bonds. The van der Waals surface area contributed by atoms with E-state index >= 15 is 0 Å². The van der Waals surface area contributed by atoms with Gasteiger partial charge < -0.3 is 0 Å². The second-order valence-electron chi connectivity index (χ2n) is 17.2. The molecule has 0 saturated carbocycles. The van der Waals surface area contributed by atoms with E-state index in [-0.39, 0.29) is 0 Å². The first-order valence-electron chi connectivity index (χ1n) is 21.9. The topological polar surface area (TPSA) is 0 Å². The first-order chi connectivity index (χ1) is 32.1. The number of fused-ring (bicyclic) bond motifs is 15. The van der Waals surface area contributed by atoms with Crippen molar-refractivity contribution < 1.29 is 0 Å². The minimum Gasteiger partial charge on any atom is -0.135 e. The van der Waals surface area contributed by atoms with Crippen molar-refractivity contribution in [2.75, 3.05) is 0 Å². The molecule has 65 heavy (non-hydrogen) atoms. The smallest absolute Gasteiger partial charge is 0.0355 e. The van der Waals surface area contributed by atoms with E-state index in [1.54, 1.807) is 0 Å². The van der Waals surface area contributed by atoms with E-state index in [2.05, 4.69) is 194 Å². The van der Waals surface area contributed by atoms with Gasteiger partial charge in [-0.15, -0.1) is 56.7 Å². The van der Waals surface area contributed by atoms with E-state index in [1.807, 2.05) is 56.7 Å². The second-order valence-corrected chi connectivity index (χ2v) is 22.6. The monoisotopic (exact) mass is 912 g/mol. The number of hydrogen-bond acceptors (Lipinski definition) is 5. The van der Waals surface area contributed by atoms with Crippen molar-refractivity contribution in [2.24, 2.45) is 0 Å². The van der Waals surface area contributed by atoms with Crippen LogP contribution in [0.5, 0.6) is 0 Å². The molecule has 10 aromatic carbocycles. The van der Waals surface area contributed by atoms with Gasteiger partial charge in [0.15, 0.2) is 0 Å². The zero-order valence-electron chi connectivity index (χ0n) is 34.5.